The topological polar surface area (TPSA) is 74.6 Å². The monoisotopic (exact) mass is 334 g/mol. The van der Waals surface area contributed by atoms with Gasteiger partial charge in [-0.25, -0.2) is 9.59 Å². The summed E-state index contributed by atoms with van der Waals surface area (Å²) >= 11 is 0. The third-order valence-corrected chi connectivity index (χ3v) is 7.10. The van der Waals surface area contributed by atoms with Crippen molar-refractivity contribution >= 4 is 11.9 Å². The summed E-state index contributed by atoms with van der Waals surface area (Å²) in [6, 6.07) is 0. The molecule has 0 aromatic rings. The smallest absolute Gasteiger partial charge is 0.331 e. The van der Waals surface area contributed by atoms with Crippen LogP contribution in [0.4, 0.5) is 0 Å². The maximum absolute atomic E-state index is 11.4. The van der Waals surface area contributed by atoms with Gasteiger partial charge >= 0.3 is 11.9 Å². The van der Waals surface area contributed by atoms with Gasteiger partial charge in [-0.1, -0.05) is 32.4 Å². The molecule has 2 N–H and O–H groups in total. The summed E-state index contributed by atoms with van der Waals surface area (Å²) < 4.78 is 0. The molecule has 2 aliphatic rings. The minimum atomic E-state index is -1.18. The Morgan fingerprint density at radius 2 is 1.96 bits per heavy atom. The minimum absolute atomic E-state index is 0.00581. The lowest BCUT2D eigenvalue weighted by atomic mass is 9.47. The highest BCUT2D eigenvalue weighted by molar-refractivity contribution is 5.94. The molecule has 1 saturated carbocycles. The number of rotatable bonds is 5. The number of aliphatic carboxylic acids is 2. The number of allylic oxidation sites excluding steroid dienone is 2. The van der Waals surface area contributed by atoms with E-state index in [0.29, 0.717) is 18.3 Å². The van der Waals surface area contributed by atoms with Crippen LogP contribution in [0.25, 0.3) is 0 Å². The van der Waals surface area contributed by atoms with E-state index in [1.807, 2.05) is 0 Å². The lowest BCUT2D eigenvalue weighted by Gasteiger charge is -2.58. The number of carbonyl (C=O) groups is 2. The predicted octanol–water partition coefficient (Wildman–Crippen LogP) is 4.66. The second-order valence-corrected chi connectivity index (χ2v) is 8.19. The molecule has 4 atom stereocenters. The molecule has 0 bridgehead atoms. The van der Waals surface area contributed by atoms with Gasteiger partial charge in [-0.2, -0.15) is 0 Å². The van der Waals surface area contributed by atoms with Gasteiger partial charge in [0.2, 0.25) is 0 Å². The highest BCUT2D eigenvalue weighted by Crippen LogP contribution is 2.61. The van der Waals surface area contributed by atoms with E-state index in [-0.39, 0.29) is 16.4 Å². The molecule has 2 aliphatic carbocycles. The standard InChI is InChI=1S/C20H30O4/c1-13-6-5-7-16-19(13,3)10-8-14(2)20(16,4)11-9-15(18(23)24)12-17(21)22/h6,12,14,16H,5,7-11H2,1-4H3,(H,21,22)(H,23,24)/b15-12+/t14-,16-,19-,20-/m0/s1. The molecule has 0 aromatic heterocycles. The maximum Gasteiger partial charge on any atom is 0.331 e. The zero-order valence-electron chi connectivity index (χ0n) is 15.3. The van der Waals surface area contributed by atoms with Crippen molar-refractivity contribution in [2.24, 2.45) is 22.7 Å². The molecule has 0 saturated heterocycles. The van der Waals surface area contributed by atoms with Crippen LogP contribution >= 0.6 is 0 Å². The molecule has 0 spiro atoms. The Labute approximate surface area is 144 Å². The molecular formula is C20H30O4. The van der Waals surface area contributed by atoms with Gasteiger partial charge in [-0.3, -0.25) is 0 Å². The zero-order chi connectivity index (χ0) is 18.1. The molecule has 1 fully saturated rings. The Kier molecular flexibility index (Phi) is 5.26. The van der Waals surface area contributed by atoms with Crippen molar-refractivity contribution in [3.8, 4) is 0 Å². The van der Waals surface area contributed by atoms with Crippen molar-refractivity contribution in [2.75, 3.05) is 0 Å². The van der Waals surface area contributed by atoms with Crippen molar-refractivity contribution in [1.29, 1.82) is 0 Å². The van der Waals surface area contributed by atoms with E-state index in [0.717, 1.165) is 31.8 Å². The quantitative estimate of drug-likeness (QED) is 0.566. The Balaban J connectivity index is 2.27. The highest BCUT2D eigenvalue weighted by atomic mass is 16.4. The Bertz CT molecular complexity index is 588. The number of fused-ring (bicyclic) bond motifs is 1. The summed E-state index contributed by atoms with van der Waals surface area (Å²) in [6.45, 7) is 9.15. The summed E-state index contributed by atoms with van der Waals surface area (Å²) in [6.07, 6.45) is 8.81. The number of hydrogen-bond acceptors (Lipinski definition) is 2. The van der Waals surface area contributed by atoms with Gasteiger partial charge in [0.1, 0.15) is 0 Å². The van der Waals surface area contributed by atoms with Gasteiger partial charge in [0.05, 0.1) is 0 Å². The van der Waals surface area contributed by atoms with Gasteiger partial charge in [-0.15, -0.1) is 0 Å². The average molecular weight is 334 g/mol. The van der Waals surface area contributed by atoms with E-state index < -0.39 is 11.9 Å². The SMILES string of the molecule is CC1=CCC[C@@H]2[C@@](C)(CC/C(=C\C(=O)O)C(=O)O)[C@@H](C)CC[C@@]12C. The van der Waals surface area contributed by atoms with Crippen molar-refractivity contribution in [2.45, 2.75) is 66.2 Å². The molecule has 2 rings (SSSR count). The molecule has 0 aromatic carbocycles. The zero-order valence-corrected chi connectivity index (χ0v) is 15.3. The third-order valence-electron chi connectivity index (χ3n) is 7.10. The van der Waals surface area contributed by atoms with Gasteiger partial charge in [0.25, 0.3) is 0 Å². The van der Waals surface area contributed by atoms with Crippen molar-refractivity contribution in [1.82, 2.24) is 0 Å². The second-order valence-electron chi connectivity index (χ2n) is 8.19. The van der Waals surface area contributed by atoms with Gasteiger partial charge < -0.3 is 10.2 Å². The van der Waals surface area contributed by atoms with E-state index in [1.54, 1.807) is 0 Å². The van der Waals surface area contributed by atoms with Crippen LogP contribution in [-0.4, -0.2) is 22.2 Å². The molecule has 0 unspecified atom stereocenters. The summed E-state index contributed by atoms with van der Waals surface area (Å²) in [5, 5.41) is 18.2. The molecule has 4 nitrogen and oxygen atoms in total. The summed E-state index contributed by atoms with van der Waals surface area (Å²) in [5.74, 6) is -1.26. The van der Waals surface area contributed by atoms with Crippen LogP contribution in [0.5, 0.6) is 0 Å². The molecule has 0 aliphatic heterocycles. The van der Waals surface area contributed by atoms with Crippen LogP contribution in [-0.2, 0) is 9.59 Å². The van der Waals surface area contributed by atoms with Crippen LogP contribution in [0, 0.1) is 22.7 Å². The first-order valence-corrected chi connectivity index (χ1v) is 8.95. The summed E-state index contributed by atoms with van der Waals surface area (Å²) in [5.41, 5.74) is 1.71. The molecule has 0 heterocycles. The number of carboxylic acids is 2. The molecule has 134 valence electrons. The van der Waals surface area contributed by atoms with E-state index in [4.69, 9.17) is 5.11 Å². The van der Waals surface area contributed by atoms with E-state index in [9.17, 15) is 14.7 Å². The van der Waals surface area contributed by atoms with Crippen molar-refractivity contribution < 1.29 is 19.8 Å². The molecule has 24 heavy (non-hydrogen) atoms. The van der Waals surface area contributed by atoms with E-state index >= 15 is 0 Å². The first kappa shape index (κ1) is 18.8. The van der Waals surface area contributed by atoms with E-state index in [1.165, 1.54) is 12.0 Å². The fourth-order valence-corrected chi connectivity index (χ4v) is 5.13. The predicted molar refractivity (Wildman–Crippen MR) is 93.7 cm³/mol. The fourth-order valence-electron chi connectivity index (χ4n) is 5.13. The largest absolute Gasteiger partial charge is 0.478 e. The van der Waals surface area contributed by atoms with Crippen molar-refractivity contribution in [3.05, 3.63) is 23.3 Å². The first-order valence-electron chi connectivity index (χ1n) is 8.95. The average Bonchev–Trinajstić information content (AvgIpc) is 2.50. The van der Waals surface area contributed by atoms with Crippen LogP contribution in [0.15, 0.2) is 23.3 Å². The minimum Gasteiger partial charge on any atom is -0.478 e. The second kappa shape index (κ2) is 6.73. The summed E-state index contributed by atoms with van der Waals surface area (Å²) in [4.78, 5) is 22.2. The van der Waals surface area contributed by atoms with Gasteiger partial charge in [-0.05, 0) is 68.1 Å². The molecule has 0 amide bonds. The molecule has 4 heteroatoms. The molecular weight excluding hydrogens is 304 g/mol. The molecule has 0 radical (unpaired) electrons. The maximum atomic E-state index is 11.4. The van der Waals surface area contributed by atoms with Gasteiger partial charge in [0, 0.05) is 11.6 Å². The Morgan fingerprint density at radius 3 is 2.54 bits per heavy atom. The van der Waals surface area contributed by atoms with Crippen LogP contribution in [0.2, 0.25) is 0 Å². The first-order chi connectivity index (χ1) is 11.1. The van der Waals surface area contributed by atoms with Crippen LogP contribution < -0.4 is 0 Å². The lowest BCUT2D eigenvalue weighted by molar-refractivity contribution is -0.135. The summed E-state index contributed by atoms with van der Waals surface area (Å²) in [7, 11) is 0. The van der Waals surface area contributed by atoms with E-state index in [2.05, 4.69) is 33.8 Å². The number of carboxylic acid groups (broad SMARTS) is 2. The fraction of sp³-hybridized carbons (Fsp3) is 0.700. The third kappa shape index (κ3) is 3.28. The highest BCUT2D eigenvalue weighted by Gasteiger charge is 2.52. The normalized spacial score (nSPS) is 36.7. The van der Waals surface area contributed by atoms with Gasteiger partial charge in [0.15, 0.2) is 0 Å². The van der Waals surface area contributed by atoms with Crippen LogP contribution in [0.3, 0.4) is 0 Å². The van der Waals surface area contributed by atoms with Crippen LogP contribution in [0.1, 0.15) is 66.2 Å². The van der Waals surface area contributed by atoms with Crippen molar-refractivity contribution in [3.63, 3.8) is 0 Å². The Morgan fingerprint density at radius 1 is 1.29 bits per heavy atom. The number of hydrogen-bond donors (Lipinski definition) is 2. The lowest BCUT2D eigenvalue weighted by Crippen LogP contribution is -2.49. The Hall–Kier alpha value is -1.58.